The summed E-state index contributed by atoms with van der Waals surface area (Å²) in [6, 6.07) is 0. The van der Waals surface area contributed by atoms with Crippen LogP contribution in [-0.4, -0.2) is 23.1 Å². The second kappa shape index (κ2) is 7.24. The Morgan fingerprint density at radius 2 is 1.83 bits per heavy atom. The fourth-order valence-corrected chi connectivity index (χ4v) is 7.87. The average Bonchev–Trinajstić information content (AvgIpc) is 3.01. The third-order valence-electron chi connectivity index (χ3n) is 9.58. The molecule has 0 radical (unpaired) electrons. The monoisotopic (exact) mass is 412 g/mol. The van der Waals surface area contributed by atoms with Gasteiger partial charge in [-0.25, -0.2) is 0 Å². The van der Waals surface area contributed by atoms with E-state index in [4.69, 9.17) is 0 Å². The van der Waals surface area contributed by atoms with E-state index in [1.54, 1.807) is 6.92 Å². The van der Waals surface area contributed by atoms with Crippen LogP contribution in [0.5, 0.6) is 0 Å². The molecule has 4 rings (SSSR count). The highest BCUT2D eigenvalue weighted by atomic mass is 16.1. The smallest absolute Gasteiger partial charge is 0.160 e. The Bertz CT molecular complexity index is 851. The predicted octanol–water partition coefficient (Wildman–Crippen LogP) is 4.89. The maximum Gasteiger partial charge on any atom is 0.160 e. The van der Waals surface area contributed by atoms with Crippen molar-refractivity contribution in [3.05, 3.63) is 11.1 Å². The highest BCUT2D eigenvalue weighted by molar-refractivity contribution is 6.11. The molecule has 4 heteroatoms. The Morgan fingerprint density at radius 3 is 2.50 bits per heavy atom. The fourth-order valence-electron chi connectivity index (χ4n) is 7.87. The van der Waals surface area contributed by atoms with Crippen molar-refractivity contribution in [2.24, 2.45) is 40.4 Å². The van der Waals surface area contributed by atoms with E-state index in [2.05, 4.69) is 20.8 Å². The largest absolute Gasteiger partial charge is 0.300 e. The summed E-state index contributed by atoms with van der Waals surface area (Å²) in [5.41, 5.74) is 1.09. The van der Waals surface area contributed by atoms with Gasteiger partial charge in [0.2, 0.25) is 0 Å². The zero-order valence-corrected chi connectivity index (χ0v) is 19.2. The van der Waals surface area contributed by atoms with E-state index in [1.807, 2.05) is 6.92 Å². The number of fused-ring (bicyclic) bond motifs is 4. The van der Waals surface area contributed by atoms with Crippen molar-refractivity contribution in [2.45, 2.75) is 86.0 Å². The zero-order valence-electron chi connectivity index (χ0n) is 19.2. The van der Waals surface area contributed by atoms with Crippen LogP contribution in [0.1, 0.15) is 86.0 Å². The van der Waals surface area contributed by atoms with Gasteiger partial charge in [0.15, 0.2) is 11.6 Å². The number of rotatable bonds is 4. The molecular formula is C26H36O4. The number of Topliss-reactive ketones (excluding diaryl/α,β-unsaturated/α-hetero) is 4. The molecule has 0 aromatic carbocycles. The molecule has 0 aromatic heterocycles. The van der Waals surface area contributed by atoms with Gasteiger partial charge in [-0.1, -0.05) is 27.7 Å². The van der Waals surface area contributed by atoms with E-state index in [9.17, 15) is 19.2 Å². The van der Waals surface area contributed by atoms with Gasteiger partial charge in [-0.2, -0.15) is 0 Å². The van der Waals surface area contributed by atoms with Crippen molar-refractivity contribution in [1.29, 1.82) is 0 Å². The van der Waals surface area contributed by atoms with E-state index < -0.39 is 0 Å². The average molecular weight is 413 g/mol. The van der Waals surface area contributed by atoms with Crippen LogP contribution in [0.2, 0.25) is 0 Å². The quantitative estimate of drug-likeness (QED) is 0.659. The first-order valence-electron chi connectivity index (χ1n) is 11.8. The zero-order chi connectivity index (χ0) is 22.0. The SMILES string of the molecule is CC(=O)CC[C@@H](C)[C@H]1CCC2C3=C(C(=O)C[C@@]21C)[C@@]1(C)CCC(=O)[C@@H](C)C1CC3=O. The standard InChI is InChI=1S/C26H36O4/c1-14(6-7-15(2)27)17-8-9-18-23-21(29)12-19-16(3)20(28)10-11-25(19,4)24(23)22(30)13-26(17,18)5/h14,16-19H,6-13H2,1-5H3/t14-,16+,17-,18?,19?,25+,26-/m1/s1. The van der Waals surface area contributed by atoms with Crippen molar-refractivity contribution < 1.29 is 19.2 Å². The molecule has 0 bridgehead atoms. The molecule has 30 heavy (non-hydrogen) atoms. The number of carbonyl (C=O) groups excluding carboxylic acids is 4. The van der Waals surface area contributed by atoms with Crippen molar-refractivity contribution in [2.75, 3.05) is 0 Å². The van der Waals surface area contributed by atoms with Crippen molar-refractivity contribution in [3.8, 4) is 0 Å². The molecule has 0 heterocycles. The highest BCUT2D eigenvalue weighted by Gasteiger charge is 2.61. The van der Waals surface area contributed by atoms with Crippen LogP contribution >= 0.6 is 0 Å². The van der Waals surface area contributed by atoms with Gasteiger partial charge in [0.05, 0.1) is 0 Å². The Kier molecular flexibility index (Phi) is 5.22. The van der Waals surface area contributed by atoms with Crippen molar-refractivity contribution in [3.63, 3.8) is 0 Å². The van der Waals surface area contributed by atoms with Gasteiger partial charge in [0.1, 0.15) is 11.6 Å². The summed E-state index contributed by atoms with van der Waals surface area (Å²) in [7, 11) is 0. The summed E-state index contributed by atoms with van der Waals surface area (Å²) in [5.74, 6) is 1.42. The molecule has 2 fully saturated rings. The Hall–Kier alpha value is -1.58. The number of hydrogen-bond acceptors (Lipinski definition) is 4. The van der Waals surface area contributed by atoms with E-state index in [1.165, 1.54) is 0 Å². The number of carbonyl (C=O) groups is 4. The first-order valence-corrected chi connectivity index (χ1v) is 11.8. The minimum atomic E-state index is -0.340. The van der Waals surface area contributed by atoms with Crippen LogP contribution in [0.4, 0.5) is 0 Å². The lowest BCUT2D eigenvalue weighted by atomic mass is 9.48. The fraction of sp³-hybridized carbons (Fsp3) is 0.769. The summed E-state index contributed by atoms with van der Waals surface area (Å²) in [4.78, 5) is 51.0. The molecule has 4 aliphatic carbocycles. The van der Waals surface area contributed by atoms with Gasteiger partial charge in [0.25, 0.3) is 0 Å². The van der Waals surface area contributed by atoms with Crippen LogP contribution in [0.25, 0.3) is 0 Å². The molecule has 164 valence electrons. The molecule has 2 unspecified atom stereocenters. The summed E-state index contributed by atoms with van der Waals surface area (Å²) >= 11 is 0. The van der Waals surface area contributed by atoms with Crippen LogP contribution in [0.3, 0.4) is 0 Å². The maximum atomic E-state index is 13.7. The van der Waals surface area contributed by atoms with Gasteiger partial charge < -0.3 is 4.79 Å². The van der Waals surface area contributed by atoms with Crippen LogP contribution in [0.15, 0.2) is 11.1 Å². The van der Waals surface area contributed by atoms with E-state index in [0.717, 1.165) is 30.4 Å². The number of allylic oxidation sites excluding steroid dienone is 2. The van der Waals surface area contributed by atoms with Gasteiger partial charge >= 0.3 is 0 Å². The number of ketones is 4. The van der Waals surface area contributed by atoms with Crippen LogP contribution in [-0.2, 0) is 19.2 Å². The van der Waals surface area contributed by atoms with Crippen molar-refractivity contribution >= 4 is 23.1 Å². The normalized spacial score (nSPS) is 42.0. The summed E-state index contributed by atoms with van der Waals surface area (Å²) < 4.78 is 0. The Morgan fingerprint density at radius 1 is 1.13 bits per heavy atom. The van der Waals surface area contributed by atoms with Gasteiger partial charge in [-0.05, 0) is 61.7 Å². The van der Waals surface area contributed by atoms with Gasteiger partial charge in [-0.3, -0.25) is 14.4 Å². The van der Waals surface area contributed by atoms with Gasteiger partial charge in [-0.15, -0.1) is 0 Å². The molecule has 0 amide bonds. The highest BCUT2D eigenvalue weighted by Crippen LogP contribution is 2.64. The maximum absolute atomic E-state index is 13.7. The lowest BCUT2D eigenvalue weighted by Crippen LogP contribution is -2.53. The van der Waals surface area contributed by atoms with Crippen LogP contribution in [0, 0.1) is 40.4 Å². The van der Waals surface area contributed by atoms with Gasteiger partial charge in [0, 0.05) is 48.2 Å². The molecule has 0 saturated heterocycles. The Labute approximate surface area is 180 Å². The molecule has 7 atom stereocenters. The summed E-state index contributed by atoms with van der Waals surface area (Å²) in [6.45, 7) is 10.2. The van der Waals surface area contributed by atoms with E-state index in [-0.39, 0.29) is 51.7 Å². The van der Waals surface area contributed by atoms with Crippen molar-refractivity contribution in [1.82, 2.24) is 0 Å². The number of hydrogen-bond donors (Lipinski definition) is 0. The molecule has 4 aliphatic rings. The molecule has 0 aliphatic heterocycles. The molecule has 4 nitrogen and oxygen atoms in total. The first kappa shape index (κ1) is 21.6. The summed E-state index contributed by atoms with van der Waals surface area (Å²) in [5, 5.41) is 0. The predicted molar refractivity (Wildman–Crippen MR) is 115 cm³/mol. The minimum absolute atomic E-state index is 0.0370. The second-order valence-corrected chi connectivity index (χ2v) is 11.3. The minimum Gasteiger partial charge on any atom is -0.300 e. The topological polar surface area (TPSA) is 68.3 Å². The molecule has 0 spiro atoms. The molecule has 2 saturated carbocycles. The molecule has 0 aromatic rings. The molecule has 0 N–H and O–H groups in total. The van der Waals surface area contributed by atoms with Crippen LogP contribution < -0.4 is 0 Å². The second-order valence-electron chi connectivity index (χ2n) is 11.3. The van der Waals surface area contributed by atoms with E-state index >= 15 is 0 Å². The lowest BCUT2D eigenvalue weighted by Gasteiger charge is -2.53. The lowest BCUT2D eigenvalue weighted by molar-refractivity contribution is -0.137. The molecular weight excluding hydrogens is 376 g/mol. The summed E-state index contributed by atoms with van der Waals surface area (Å²) in [6.07, 6.45) is 5.54. The van der Waals surface area contributed by atoms with E-state index in [0.29, 0.717) is 43.9 Å². The Balaban J connectivity index is 1.73. The third-order valence-corrected chi connectivity index (χ3v) is 9.58. The third kappa shape index (κ3) is 3.00. The first-order chi connectivity index (χ1) is 14.0.